The van der Waals surface area contributed by atoms with Crippen molar-refractivity contribution in [3.8, 4) is 11.4 Å². The first kappa shape index (κ1) is 11.6. The lowest BCUT2D eigenvalue weighted by Crippen LogP contribution is -1.94. The maximum absolute atomic E-state index is 4.66. The van der Waals surface area contributed by atoms with Crippen LogP contribution in [0.2, 0.25) is 0 Å². The second-order valence-electron chi connectivity index (χ2n) is 4.32. The summed E-state index contributed by atoms with van der Waals surface area (Å²) in [6.45, 7) is 2.00. The molecule has 0 aliphatic rings. The van der Waals surface area contributed by atoms with Crippen LogP contribution in [-0.4, -0.2) is 9.97 Å². The van der Waals surface area contributed by atoms with E-state index < -0.39 is 0 Å². The minimum Gasteiger partial charge on any atom is -0.228 e. The Morgan fingerprint density at radius 2 is 1.58 bits per heavy atom. The van der Waals surface area contributed by atoms with Crippen molar-refractivity contribution in [1.82, 2.24) is 9.97 Å². The molecule has 19 heavy (non-hydrogen) atoms. The topological polar surface area (TPSA) is 25.8 Å². The number of aromatic nitrogens is 2. The van der Waals surface area contributed by atoms with Crippen molar-refractivity contribution in [1.29, 1.82) is 0 Å². The maximum Gasteiger partial charge on any atom is 0.160 e. The SMILES string of the molecule is C/C=C/c1nc(-c2ccccc2)nc2ccccc12. The number of rotatable bonds is 2. The van der Waals surface area contributed by atoms with Crippen molar-refractivity contribution in [2.75, 3.05) is 0 Å². The first-order valence-corrected chi connectivity index (χ1v) is 6.33. The number of para-hydroxylation sites is 1. The van der Waals surface area contributed by atoms with Gasteiger partial charge in [0.25, 0.3) is 0 Å². The van der Waals surface area contributed by atoms with Gasteiger partial charge in [0, 0.05) is 10.9 Å². The zero-order valence-corrected chi connectivity index (χ0v) is 10.7. The number of nitrogens with zero attached hydrogens (tertiary/aromatic N) is 2. The molecular weight excluding hydrogens is 232 g/mol. The van der Waals surface area contributed by atoms with Crippen molar-refractivity contribution >= 4 is 17.0 Å². The van der Waals surface area contributed by atoms with Gasteiger partial charge < -0.3 is 0 Å². The summed E-state index contributed by atoms with van der Waals surface area (Å²) in [6.07, 6.45) is 4.03. The highest BCUT2D eigenvalue weighted by Crippen LogP contribution is 2.22. The van der Waals surface area contributed by atoms with Gasteiger partial charge in [-0.05, 0) is 19.1 Å². The molecule has 1 aromatic heterocycles. The highest BCUT2D eigenvalue weighted by molar-refractivity contribution is 5.87. The Hall–Kier alpha value is -2.48. The number of fused-ring (bicyclic) bond motifs is 1. The smallest absolute Gasteiger partial charge is 0.160 e. The van der Waals surface area contributed by atoms with Crippen LogP contribution < -0.4 is 0 Å². The molecule has 0 spiro atoms. The molecule has 0 N–H and O–H groups in total. The Balaban J connectivity index is 2.28. The summed E-state index contributed by atoms with van der Waals surface area (Å²) in [5.74, 6) is 0.771. The largest absolute Gasteiger partial charge is 0.228 e. The van der Waals surface area contributed by atoms with Crippen LogP contribution in [0.25, 0.3) is 28.4 Å². The number of allylic oxidation sites excluding steroid dienone is 1. The molecule has 92 valence electrons. The number of hydrogen-bond acceptors (Lipinski definition) is 2. The fourth-order valence-corrected chi connectivity index (χ4v) is 2.10. The van der Waals surface area contributed by atoms with Gasteiger partial charge in [-0.15, -0.1) is 0 Å². The molecule has 0 radical (unpaired) electrons. The number of hydrogen-bond donors (Lipinski definition) is 0. The Bertz CT molecular complexity index is 731. The van der Waals surface area contributed by atoms with Crippen molar-refractivity contribution in [3.63, 3.8) is 0 Å². The van der Waals surface area contributed by atoms with Crippen LogP contribution in [0.5, 0.6) is 0 Å². The molecule has 1 heterocycles. The summed E-state index contributed by atoms with van der Waals surface area (Å²) < 4.78 is 0. The van der Waals surface area contributed by atoms with Gasteiger partial charge in [0.05, 0.1) is 11.2 Å². The molecule has 0 amide bonds. The Morgan fingerprint density at radius 1 is 0.842 bits per heavy atom. The predicted octanol–water partition coefficient (Wildman–Crippen LogP) is 4.33. The average molecular weight is 246 g/mol. The van der Waals surface area contributed by atoms with Crippen LogP contribution in [-0.2, 0) is 0 Å². The first-order valence-electron chi connectivity index (χ1n) is 6.33. The van der Waals surface area contributed by atoms with Gasteiger partial charge >= 0.3 is 0 Å². The highest BCUT2D eigenvalue weighted by Gasteiger charge is 2.06. The summed E-state index contributed by atoms with van der Waals surface area (Å²) in [5, 5.41) is 1.08. The van der Waals surface area contributed by atoms with Crippen molar-refractivity contribution in [3.05, 3.63) is 66.4 Å². The summed E-state index contributed by atoms with van der Waals surface area (Å²) in [5.41, 5.74) is 2.98. The quantitative estimate of drug-likeness (QED) is 0.672. The van der Waals surface area contributed by atoms with Gasteiger partial charge in [-0.3, -0.25) is 0 Å². The van der Waals surface area contributed by atoms with Crippen LogP contribution in [0, 0.1) is 0 Å². The van der Waals surface area contributed by atoms with Crippen LogP contribution >= 0.6 is 0 Å². The van der Waals surface area contributed by atoms with Gasteiger partial charge in [-0.25, -0.2) is 9.97 Å². The lowest BCUT2D eigenvalue weighted by molar-refractivity contribution is 1.21. The zero-order valence-electron chi connectivity index (χ0n) is 10.7. The van der Waals surface area contributed by atoms with Gasteiger partial charge in [-0.1, -0.05) is 54.6 Å². The molecule has 0 saturated heterocycles. The van der Waals surface area contributed by atoms with E-state index in [1.807, 2.05) is 67.6 Å². The molecule has 0 bridgehead atoms. The third kappa shape index (κ3) is 2.25. The molecule has 2 heteroatoms. The Morgan fingerprint density at radius 3 is 2.37 bits per heavy atom. The minimum atomic E-state index is 0.771. The molecule has 0 unspecified atom stereocenters. The monoisotopic (exact) mass is 246 g/mol. The molecule has 3 aromatic rings. The second kappa shape index (κ2) is 5.02. The zero-order chi connectivity index (χ0) is 13.1. The molecule has 0 saturated carbocycles. The van der Waals surface area contributed by atoms with E-state index in [2.05, 4.69) is 16.0 Å². The van der Waals surface area contributed by atoms with Gasteiger partial charge in [0.15, 0.2) is 5.82 Å². The van der Waals surface area contributed by atoms with E-state index in [1.54, 1.807) is 0 Å². The van der Waals surface area contributed by atoms with E-state index in [4.69, 9.17) is 0 Å². The van der Waals surface area contributed by atoms with E-state index in [9.17, 15) is 0 Å². The van der Waals surface area contributed by atoms with Crippen LogP contribution in [0.1, 0.15) is 12.6 Å². The second-order valence-corrected chi connectivity index (χ2v) is 4.32. The minimum absolute atomic E-state index is 0.771. The third-order valence-corrected chi connectivity index (χ3v) is 2.99. The summed E-state index contributed by atoms with van der Waals surface area (Å²) in [7, 11) is 0. The molecule has 2 aromatic carbocycles. The fraction of sp³-hybridized carbons (Fsp3) is 0.0588. The van der Waals surface area contributed by atoms with Crippen LogP contribution in [0.3, 0.4) is 0 Å². The van der Waals surface area contributed by atoms with Crippen molar-refractivity contribution < 1.29 is 0 Å². The lowest BCUT2D eigenvalue weighted by atomic mass is 10.1. The van der Waals surface area contributed by atoms with Crippen molar-refractivity contribution in [2.24, 2.45) is 0 Å². The Kier molecular flexibility index (Phi) is 3.07. The summed E-state index contributed by atoms with van der Waals surface area (Å²) in [4.78, 5) is 9.31. The third-order valence-electron chi connectivity index (χ3n) is 2.99. The average Bonchev–Trinajstić information content (AvgIpc) is 2.48. The van der Waals surface area contributed by atoms with Gasteiger partial charge in [-0.2, -0.15) is 0 Å². The predicted molar refractivity (Wildman–Crippen MR) is 79.7 cm³/mol. The van der Waals surface area contributed by atoms with E-state index >= 15 is 0 Å². The van der Waals surface area contributed by atoms with E-state index in [1.165, 1.54) is 0 Å². The fourth-order valence-electron chi connectivity index (χ4n) is 2.10. The molecule has 0 atom stereocenters. The molecule has 0 aliphatic heterocycles. The van der Waals surface area contributed by atoms with Gasteiger partial charge in [0.1, 0.15) is 0 Å². The molecule has 0 aliphatic carbocycles. The van der Waals surface area contributed by atoms with Gasteiger partial charge in [0.2, 0.25) is 0 Å². The van der Waals surface area contributed by atoms with Crippen molar-refractivity contribution in [2.45, 2.75) is 6.92 Å². The Labute approximate surface area is 112 Å². The molecule has 3 rings (SSSR count). The highest BCUT2D eigenvalue weighted by atomic mass is 14.9. The van der Waals surface area contributed by atoms with E-state index in [0.29, 0.717) is 0 Å². The first-order chi connectivity index (χ1) is 9.38. The molecule has 2 nitrogen and oxygen atoms in total. The normalized spacial score (nSPS) is 11.2. The molecule has 0 fully saturated rings. The summed E-state index contributed by atoms with van der Waals surface area (Å²) in [6, 6.07) is 18.2. The summed E-state index contributed by atoms with van der Waals surface area (Å²) >= 11 is 0. The maximum atomic E-state index is 4.66. The molecular formula is C17H14N2. The standard InChI is InChI=1S/C17H14N2/c1-2-8-15-14-11-6-7-12-16(14)19-17(18-15)13-9-4-3-5-10-13/h2-12H,1H3/b8-2+. The lowest BCUT2D eigenvalue weighted by Gasteiger charge is -2.05. The van der Waals surface area contributed by atoms with E-state index in [0.717, 1.165) is 28.0 Å². The van der Waals surface area contributed by atoms with Crippen LogP contribution in [0.4, 0.5) is 0 Å². The van der Waals surface area contributed by atoms with E-state index in [-0.39, 0.29) is 0 Å². The van der Waals surface area contributed by atoms with Crippen LogP contribution in [0.15, 0.2) is 60.7 Å². The number of benzene rings is 2.